The monoisotopic (exact) mass is 613 g/mol. The van der Waals surface area contributed by atoms with Gasteiger partial charge < -0.3 is 21.1 Å². The Morgan fingerprint density at radius 1 is 0.711 bits per heavy atom. The first-order valence-electron chi connectivity index (χ1n) is 10.7. The van der Waals surface area contributed by atoms with Gasteiger partial charge in [0, 0.05) is 28.9 Å². The molecule has 0 radical (unpaired) electrons. The fourth-order valence-corrected chi connectivity index (χ4v) is 5.08. The van der Waals surface area contributed by atoms with Gasteiger partial charge in [-0.2, -0.15) is 0 Å². The third-order valence-corrected chi connectivity index (χ3v) is 7.89. The first kappa shape index (κ1) is 29.6. The van der Waals surface area contributed by atoms with Crippen LogP contribution in [0.3, 0.4) is 0 Å². The van der Waals surface area contributed by atoms with Crippen LogP contribution >= 0.6 is 58.2 Å². The number of hydrogen-bond acceptors (Lipinski definition) is 5. The number of hydrogen-bond donors (Lipinski definition) is 4. The molecule has 3 aromatic rings. The van der Waals surface area contributed by atoms with Crippen molar-refractivity contribution in [3.8, 4) is 0 Å². The van der Waals surface area contributed by atoms with Crippen molar-refractivity contribution < 1.29 is 24.3 Å². The highest BCUT2D eigenvalue weighted by atomic mass is 35.5. The second kappa shape index (κ2) is 12.7. The summed E-state index contributed by atoms with van der Waals surface area (Å²) in [6.07, 6.45) is 0. The molecule has 13 heteroatoms. The molecule has 0 aliphatic carbocycles. The first-order valence-corrected chi connectivity index (χ1v) is 13.1. The minimum Gasteiger partial charge on any atom is -0.478 e. The fraction of sp³-hybridized carbons (Fsp3) is 0.120. The molecule has 0 spiro atoms. The SMILES string of the molecule is CC(=O)Nc1ccc(NC(=O)C(C)Sc2ccc(NC(=O)c3c(Cl)c(Cl)c(Cl)c(Cl)c3C(=O)O)cc2)cc1. The van der Waals surface area contributed by atoms with Crippen molar-refractivity contribution in [2.45, 2.75) is 24.0 Å². The van der Waals surface area contributed by atoms with E-state index in [4.69, 9.17) is 46.4 Å². The molecule has 198 valence electrons. The van der Waals surface area contributed by atoms with Crippen LogP contribution in [0.4, 0.5) is 17.1 Å². The Labute approximate surface area is 242 Å². The zero-order valence-electron chi connectivity index (χ0n) is 19.7. The molecule has 3 amide bonds. The van der Waals surface area contributed by atoms with Crippen molar-refractivity contribution in [2.75, 3.05) is 16.0 Å². The number of amides is 3. The summed E-state index contributed by atoms with van der Waals surface area (Å²) in [4.78, 5) is 49.0. The van der Waals surface area contributed by atoms with Crippen LogP contribution in [0.1, 0.15) is 34.6 Å². The Morgan fingerprint density at radius 3 is 1.66 bits per heavy atom. The minimum absolute atomic E-state index is 0.190. The van der Waals surface area contributed by atoms with Crippen LogP contribution in [0.25, 0.3) is 0 Å². The molecule has 0 aromatic heterocycles. The van der Waals surface area contributed by atoms with Gasteiger partial charge in [-0.05, 0) is 55.5 Å². The van der Waals surface area contributed by atoms with E-state index in [0.717, 1.165) is 4.90 Å². The van der Waals surface area contributed by atoms with Crippen molar-refractivity contribution in [3.05, 3.63) is 79.7 Å². The number of carboxylic acid groups (broad SMARTS) is 1. The summed E-state index contributed by atoms with van der Waals surface area (Å²) >= 11 is 25.4. The Hall–Kier alpha value is -2.95. The molecule has 8 nitrogen and oxygen atoms in total. The number of carbonyl (C=O) groups excluding carboxylic acids is 3. The van der Waals surface area contributed by atoms with Crippen LogP contribution < -0.4 is 16.0 Å². The van der Waals surface area contributed by atoms with E-state index in [2.05, 4.69) is 16.0 Å². The molecule has 0 saturated heterocycles. The summed E-state index contributed by atoms with van der Waals surface area (Å²) in [5.74, 6) is -2.76. The minimum atomic E-state index is -1.50. The standard InChI is InChI=1S/C25H19Cl4N3O5S/c1-11(23(34)31-14-5-3-13(4-6-14)30-12(2)33)38-16-9-7-15(8-10-16)32-24(35)17-18(25(36)37)20(27)22(29)21(28)19(17)26/h3-11H,1-2H3,(H,30,33)(H,31,34)(H,32,35)(H,36,37). The number of nitrogens with one attached hydrogen (secondary N) is 3. The van der Waals surface area contributed by atoms with E-state index in [9.17, 15) is 24.3 Å². The molecule has 3 aromatic carbocycles. The van der Waals surface area contributed by atoms with Gasteiger partial charge in [-0.1, -0.05) is 46.4 Å². The molecule has 4 N–H and O–H groups in total. The van der Waals surface area contributed by atoms with Crippen LogP contribution in [0, 0.1) is 0 Å². The maximum atomic E-state index is 12.9. The summed E-state index contributed by atoms with van der Waals surface area (Å²) < 4.78 is 0. The third kappa shape index (κ3) is 7.12. The number of carbonyl (C=O) groups is 4. The van der Waals surface area contributed by atoms with Gasteiger partial charge in [-0.3, -0.25) is 14.4 Å². The zero-order valence-corrected chi connectivity index (χ0v) is 23.5. The highest BCUT2D eigenvalue weighted by molar-refractivity contribution is 8.00. The van der Waals surface area contributed by atoms with Gasteiger partial charge in [-0.25, -0.2) is 4.79 Å². The van der Waals surface area contributed by atoms with Gasteiger partial charge in [0.1, 0.15) is 0 Å². The maximum Gasteiger partial charge on any atom is 0.338 e. The van der Waals surface area contributed by atoms with Crippen LogP contribution in [0.15, 0.2) is 53.4 Å². The van der Waals surface area contributed by atoms with E-state index in [1.165, 1.54) is 18.7 Å². The van der Waals surface area contributed by atoms with Gasteiger partial charge in [0.05, 0.1) is 36.5 Å². The Kier molecular flexibility index (Phi) is 9.92. The van der Waals surface area contributed by atoms with Crippen molar-refractivity contribution in [1.29, 1.82) is 0 Å². The molecule has 0 heterocycles. The van der Waals surface area contributed by atoms with E-state index in [1.54, 1.807) is 55.5 Å². The van der Waals surface area contributed by atoms with Crippen molar-refractivity contribution in [1.82, 2.24) is 0 Å². The van der Waals surface area contributed by atoms with Crippen molar-refractivity contribution in [2.24, 2.45) is 0 Å². The predicted octanol–water partition coefficient (Wildman–Crippen LogP) is 7.33. The number of halogens is 4. The molecule has 38 heavy (non-hydrogen) atoms. The molecule has 0 fully saturated rings. The largest absolute Gasteiger partial charge is 0.478 e. The number of aromatic carboxylic acids is 1. The highest BCUT2D eigenvalue weighted by Crippen LogP contribution is 2.42. The lowest BCUT2D eigenvalue weighted by Gasteiger charge is -2.15. The highest BCUT2D eigenvalue weighted by Gasteiger charge is 2.29. The van der Waals surface area contributed by atoms with Crippen molar-refractivity contribution in [3.63, 3.8) is 0 Å². The Balaban J connectivity index is 1.66. The Bertz CT molecular complexity index is 1420. The topological polar surface area (TPSA) is 125 Å². The summed E-state index contributed by atoms with van der Waals surface area (Å²) in [5, 5.41) is 15.8. The summed E-state index contributed by atoms with van der Waals surface area (Å²) in [6.45, 7) is 3.15. The van der Waals surface area contributed by atoms with E-state index < -0.39 is 33.3 Å². The normalized spacial score (nSPS) is 11.4. The quantitative estimate of drug-likeness (QED) is 0.120. The number of carboxylic acids is 1. The number of benzene rings is 3. The van der Waals surface area contributed by atoms with Crippen LogP contribution in [0.2, 0.25) is 20.1 Å². The van der Waals surface area contributed by atoms with E-state index in [-0.39, 0.29) is 26.9 Å². The smallest absolute Gasteiger partial charge is 0.338 e. The zero-order chi connectivity index (χ0) is 28.1. The number of thioether (sulfide) groups is 1. The molecule has 0 bridgehead atoms. The average molecular weight is 615 g/mol. The van der Waals surface area contributed by atoms with Gasteiger partial charge in [-0.15, -0.1) is 11.8 Å². The van der Waals surface area contributed by atoms with Crippen LogP contribution in [-0.2, 0) is 9.59 Å². The maximum absolute atomic E-state index is 12.9. The predicted molar refractivity (Wildman–Crippen MR) is 153 cm³/mol. The summed E-state index contributed by atoms with van der Waals surface area (Å²) in [6, 6.07) is 13.3. The molecule has 0 aliphatic rings. The number of anilines is 3. The number of rotatable bonds is 8. The van der Waals surface area contributed by atoms with Gasteiger partial charge in [0.2, 0.25) is 11.8 Å². The van der Waals surface area contributed by atoms with Gasteiger partial charge >= 0.3 is 5.97 Å². The van der Waals surface area contributed by atoms with E-state index >= 15 is 0 Å². The average Bonchev–Trinajstić information content (AvgIpc) is 2.86. The van der Waals surface area contributed by atoms with Gasteiger partial charge in [0.25, 0.3) is 5.91 Å². The molecule has 3 rings (SSSR count). The lowest BCUT2D eigenvalue weighted by Crippen LogP contribution is -2.22. The van der Waals surface area contributed by atoms with Crippen LogP contribution in [0.5, 0.6) is 0 Å². The molecule has 1 unspecified atom stereocenters. The Morgan fingerprint density at radius 2 is 1.16 bits per heavy atom. The lowest BCUT2D eigenvalue weighted by molar-refractivity contribution is -0.115. The van der Waals surface area contributed by atoms with Crippen molar-refractivity contribution >= 4 is 98.9 Å². The third-order valence-electron chi connectivity index (χ3n) is 4.98. The van der Waals surface area contributed by atoms with E-state index in [0.29, 0.717) is 17.1 Å². The molecule has 1 atom stereocenters. The van der Waals surface area contributed by atoms with Gasteiger partial charge in [0.15, 0.2) is 0 Å². The first-order chi connectivity index (χ1) is 17.9. The molecule has 0 aliphatic heterocycles. The summed E-state index contributed by atoms with van der Waals surface area (Å²) in [5.41, 5.74) is 0.545. The second-order valence-electron chi connectivity index (χ2n) is 7.80. The van der Waals surface area contributed by atoms with E-state index in [1.807, 2.05) is 0 Å². The molecular formula is C25H19Cl4N3O5S. The fourth-order valence-electron chi connectivity index (χ4n) is 3.20. The second-order valence-corrected chi connectivity index (χ2v) is 10.7. The van der Waals surface area contributed by atoms with Crippen LogP contribution in [-0.4, -0.2) is 34.0 Å². The molecular weight excluding hydrogens is 596 g/mol. The lowest BCUT2D eigenvalue weighted by atomic mass is 10.1. The summed E-state index contributed by atoms with van der Waals surface area (Å²) in [7, 11) is 0. The molecule has 0 saturated carbocycles.